The van der Waals surface area contributed by atoms with Crippen molar-refractivity contribution in [3.8, 4) is 11.1 Å². The van der Waals surface area contributed by atoms with Crippen molar-refractivity contribution >= 4 is 21.8 Å². The summed E-state index contributed by atoms with van der Waals surface area (Å²) >= 11 is 3.40. The van der Waals surface area contributed by atoms with Crippen LogP contribution in [0.1, 0.15) is 5.56 Å². The molecule has 0 atom stereocenters. The van der Waals surface area contributed by atoms with Gasteiger partial charge in [0.25, 0.3) is 0 Å². The number of amidine groups is 1. The number of hydrogen-bond donors (Lipinski definition) is 2. The Morgan fingerprint density at radius 3 is 2.31 bits per heavy atom. The Morgan fingerprint density at radius 2 is 1.69 bits per heavy atom. The largest absolute Gasteiger partial charge is 0.384 e. The number of nitrogen functional groups attached to an aromatic ring is 1. The summed E-state index contributed by atoms with van der Waals surface area (Å²) in [6.45, 7) is 0. The van der Waals surface area contributed by atoms with E-state index in [1.54, 1.807) is 0 Å². The molecule has 2 rings (SSSR count). The standard InChI is InChI=1S/C13H11BrN2/c14-12-6-4-9(5-7-12)10-2-1-3-11(8-10)13(15)16/h1-8H,(H3,15,16). The number of hydrogen-bond acceptors (Lipinski definition) is 1. The maximum atomic E-state index is 7.40. The van der Waals surface area contributed by atoms with Gasteiger partial charge in [-0.25, -0.2) is 0 Å². The van der Waals surface area contributed by atoms with E-state index in [4.69, 9.17) is 11.1 Å². The molecule has 0 amide bonds. The first-order valence-electron chi connectivity index (χ1n) is 4.87. The molecular weight excluding hydrogens is 264 g/mol. The number of nitrogens with one attached hydrogen (secondary N) is 1. The second-order valence-corrected chi connectivity index (χ2v) is 4.42. The normalized spacial score (nSPS) is 10.1. The lowest BCUT2D eigenvalue weighted by molar-refractivity contribution is 1.42. The number of halogens is 1. The number of nitrogens with two attached hydrogens (primary N) is 1. The molecule has 2 nitrogen and oxygen atoms in total. The lowest BCUT2D eigenvalue weighted by atomic mass is 10.0. The maximum absolute atomic E-state index is 7.40. The summed E-state index contributed by atoms with van der Waals surface area (Å²) in [6.07, 6.45) is 0. The third-order valence-corrected chi connectivity index (χ3v) is 2.88. The van der Waals surface area contributed by atoms with Crippen molar-refractivity contribution in [1.82, 2.24) is 0 Å². The first-order chi connectivity index (χ1) is 7.66. The third kappa shape index (κ3) is 2.31. The quantitative estimate of drug-likeness (QED) is 0.640. The minimum Gasteiger partial charge on any atom is -0.384 e. The van der Waals surface area contributed by atoms with Crippen LogP contribution >= 0.6 is 15.9 Å². The SMILES string of the molecule is N=C(N)c1cccc(-c2ccc(Br)cc2)c1. The molecule has 0 radical (unpaired) electrons. The Bertz CT molecular complexity index is 518. The van der Waals surface area contributed by atoms with Gasteiger partial charge in [0, 0.05) is 10.0 Å². The molecule has 3 N–H and O–H groups in total. The molecule has 0 heterocycles. The lowest BCUT2D eigenvalue weighted by Gasteiger charge is -2.04. The van der Waals surface area contributed by atoms with Crippen LogP contribution < -0.4 is 5.73 Å². The van der Waals surface area contributed by atoms with E-state index in [9.17, 15) is 0 Å². The van der Waals surface area contributed by atoms with Gasteiger partial charge in [-0.15, -0.1) is 0 Å². The topological polar surface area (TPSA) is 49.9 Å². The van der Waals surface area contributed by atoms with Gasteiger partial charge in [0.1, 0.15) is 5.84 Å². The van der Waals surface area contributed by atoms with Crippen molar-refractivity contribution in [1.29, 1.82) is 5.41 Å². The predicted octanol–water partition coefficient (Wildman–Crippen LogP) is 3.40. The molecule has 0 bridgehead atoms. The molecule has 2 aromatic rings. The third-order valence-electron chi connectivity index (χ3n) is 2.35. The summed E-state index contributed by atoms with van der Waals surface area (Å²) in [5.74, 6) is 0.0963. The Kier molecular flexibility index (Phi) is 3.06. The molecule has 0 fully saturated rings. The van der Waals surface area contributed by atoms with E-state index in [0.29, 0.717) is 0 Å². The Labute approximate surface area is 103 Å². The fourth-order valence-corrected chi connectivity index (χ4v) is 1.77. The Morgan fingerprint density at radius 1 is 1.00 bits per heavy atom. The highest BCUT2D eigenvalue weighted by Crippen LogP contribution is 2.22. The van der Waals surface area contributed by atoms with E-state index in [-0.39, 0.29) is 5.84 Å². The molecule has 0 saturated heterocycles. The molecule has 0 aliphatic heterocycles. The number of rotatable bonds is 2. The van der Waals surface area contributed by atoms with E-state index in [1.807, 2.05) is 48.5 Å². The van der Waals surface area contributed by atoms with Crippen LogP contribution in [0, 0.1) is 5.41 Å². The first kappa shape index (κ1) is 10.9. The second-order valence-electron chi connectivity index (χ2n) is 3.50. The van der Waals surface area contributed by atoms with Crippen molar-refractivity contribution in [3.63, 3.8) is 0 Å². The number of benzene rings is 2. The van der Waals surface area contributed by atoms with Crippen molar-refractivity contribution in [2.24, 2.45) is 5.73 Å². The molecule has 3 heteroatoms. The van der Waals surface area contributed by atoms with Crippen LogP contribution in [-0.4, -0.2) is 5.84 Å². The molecule has 0 aliphatic carbocycles. The van der Waals surface area contributed by atoms with E-state index in [2.05, 4.69) is 15.9 Å². The minimum absolute atomic E-state index is 0.0963. The highest BCUT2D eigenvalue weighted by molar-refractivity contribution is 9.10. The van der Waals surface area contributed by atoms with Gasteiger partial charge >= 0.3 is 0 Å². The minimum atomic E-state index is 0.0963. The van der Waals surface area contributed by atoms with Crippen LogP contribution in [0.3, 0.4) is 0 Å². The van der Waals surface area contributed by atoms with Crippen molar-refractivity contribution in [2.75, 3.05) is 0 Å². The maximum Gasteiger partial charge on any atom is 0.122 e. The molecular formula is C13H11BrN2. The van der Waals surface area contributed by atoms with Crippen LogP contribution in [0.15, 0.2) is 53.0 Å². The van der Waals surface area contributed by atoms with Crippen LogP contribution in [0.5, 0.6) is 0 Å². The fourth-order valence-electron chi connectivity index (χ4n) is 1.51. The van der Waals surface area contributed by atoms with Crippen LogP contribution in [0.4, 0.5) is 0 Å². The molecule has 80 valence electrons. The summed E-state index contributed by atoms with van der Waals surface area (Å²) in [5, 5.41) is 7.40. The average Bonchev–Trinajstić information content (AvgIpc) is 2.30. The summed E-state index contributed by atoms with van der Waals surface area (Å²) in [7, 11) is 0. The highest BCUT2D eigenvalue weighted by Gasteiger charge is 2.00. The van der Waals surface area contributed by atoms with Crippen molar-refractivity contribution in [2.45, 2.75) is 0 Å². The van der Waals surface area contributed by atoms with Crippen LogP contribution in [-0.2, 0) is 0 Å². The van der Waals surface area contributed by atoms with Gasteiger partial charge in [0.15, 0.2) is 0 Å². The second kappa shape index (κ2) is 4.49. The summed E-state index contributed by atoms with van der Waals surface area (Å²) in [5.41, 5.74) is 8.40. The monoisotopic (exact) mass is 274 g/mol. The van der Waals surface area contributed by atoms with Gasteiger partial charge in [-0.2, -0.15) is 0 Å². The van der Waals surface area contributed by atoms with Gasteiger partial charge in [0.2, 0.25) is 0 Å². The zero-order valence-electron chi connectivity index (χ0n) is 8.57. The molecule has 0 aromatic heterocycles. The van der Waals surface area contributed by atoms with E-state index < -0.39 is 0 Å². The van der Waals surface area contributed by atoms with Crippen LogP contribution in [0.2, 0.25) is 0 Å². The van der Waals surface area contributed by atoms with E-state index >= 15 is 0 Å². The summed E-state index contributed by atoms with van der Waals surface area (Å²) in [6, 6.07) is 15.7. The van der Waals surface area contributed by atoms with Gasteiger partial charge in [0.05, 0.1) is 0 Å². The zero-order valence-corrected chi connectivity index (χ0v) is 10.2. The smallest absolute Gasteiger partial charge is 0.122 e. The Balaban J connectivity index is 2.44. The fraction of sp³-hybridized carbons (Fsp3) is 0. The van der Waals surface area contributed by atoms with Gasteiger partial charge in [-0.3, -0.25) is 5.41 Å². The molecule has 0 aliphatic rings. The van der Waals surface area contributed by atoms with E-state index in [1.165, 1.54) is 0 Å². The molecule has 0 unspecified atom stereocenters. The lowest BCUT2D eigenvalue weighted by Crippen LogP contribution is -2.10. The van der Waals surface area contributed by atoms with Crippen molar-refractivity contribution < 1.29 is 0 Å². The predicted molar refractivity (Wildman–Crippen MR) is 70.6 cm³/mol. The highest BCUT2D eigenvalue weighted by atomic mass is 79.9. The first-order valence-corrected chi connectivity index (χ1v) is 5.66. The van der Waals surface area contributed by atoms with Gasteiger partial charge in [-0.1, -0.05) is 46.3 Å². The molecule has 0 saturated carbocycles. The van der Waals surface area contributed by atoms with Crippen LogP contribution in [0.25, 0.3) is 11.1 Å². The average molecular weight is 275 g/mol. The molecule has 2 aromatic carbocycles. The molecule has 16 heavy (non-hydrogen) atoms. The molecule has 0 spiro atoms. The summed E-state index contributed by atoms with van der Waals surface area (Å²) in [4.78, 5) is 0. The summed E-state index contributed by atoms with van der Waals surface area (Å²) < 4.78 is 1.05. The van der Waals surface area contributed by atoms with Gasteiger partial charge < -0.3 is 5.73 Å². The van der Waals surface area contributed by atoms with Gasteiger partial charge in [-0.05, 0) is 29.3 Å². The zero-order chi connectivity index (χ0) is 11.5. The van der Waals surface area contributed by atoms with E-state index in [0.717, 1.165) is 21.2 Å². The Hall–Kier alpha value is -1.61. The van der Waals surface area contributed by atoms with Crippen molar-refractivity contribution in [3.05, 3.63) is 58.6 Å².